The summed E-state index contributed by atoms with van der Waals surface area (Å²) in [7, 11) is 0. The molecule has 0 saturated carbocycles. The monoisotopic (exact) mass is 338 g/mol. The van der Waals surface area contributed by atoms with Crippen molar-refractivity contribution in [2.24, 2.45) is 5.92 Å². The zero-order valence-corrected chi connectivity index (χ0v) is 13.4. The van der Waals surface area contributed by atoms with Crippen LogP contribution < -0.4 is 4.90 Å². The number of rotatable bonds is 3. The smallest absolute Gasteiger partial charge is 0.0471 e. The van der Waals surface area contributed by atoms with Crippen molar-refractivity contribution in [3.05, 3.63) is 28.7 Å². The van der Waals surface area contributed by atoms with E-state index in [4.69, 9.17) is 0 Å². The first-order valence-electron chi connectivity index (χ1n) is 7.61. The summed E-state index contributed by atoms with van der Waals surface area (Å²) in [5.74, 6) is 0.497. The van der Waals surface area contributed by atoms with Crippen molar-refractivity contribution >= 4 is 21.6 Å². The van der Waals surface area contributed by atoms with Gasteiger partial charge in [0.2, 0.25) is 0 Å². The third-order valence-corrected chi connectivity index (χ3v) is 5.15. The van der Waals surface area contributed by atoms with Gasteiger partial charge in [-0.1, -0.05) is 22.0 Å². The molecule has 4 heteroatoms. The highest BCUT2D eigenvalue weighted by Gasteiger charge is 2.30. The summed E-state index contributed by atoms with van der Waals surface area (Å²) in [6.45, 7) is 4.85. The van der Waals surface area contributed by atoms with Crippen LogP contribution in [0.3, 0.4) is 0 Å². The maximum atomic E-state index is 9.30. The Hall–Kier alpha value is -0.580. The molecule has 1 aromatic rings. The van der Waals surface area contributed by atoms with Crippen LogP contribution >= 0.6 is 15.9 Å². The second-order valence-corrected chi connectivity index (χ2v) is 6.97. The van der Waals surface area contributed by atoms with Crippen molar-refractivity contribution < 1.29 is 5.11 Å². The molecule has 3 nitrogen and oxygen atoms in total. The van der Waals surface area contributed by atoms with Crippen molar-refractivity contribution in [2.75, 3.05) is 37.7 Å². The summed E-state index contributed by atoms with van der Waals surface area (Å²) in [6.07, 6.45) is 3.71. The van der Waals surface area contributed by atoms with Gasteiger partial charge in [0.25, 0.3) is 0 Å². The van der Waals surface area contributed by atoms with Crippen LogP contribution in [-0.2, 0) is 0 Å². The maximum absolute atomic E-state index is 9.30. The number of anilines is 1. The standard InChI is InChI=1S/C16H23BrN2O/c17-14-3-1-4-15(9-14)18-7-2-5-16(11-18)19-8-6-13(10-19)12-20/h1,3-4,9,13,16,20H,2,5-8,10-12H2. The van der Waals surface area contributed by atoms with Crippen molar-refractivity contribution in [3.63, 3.8) is 0 Å². The second kappa shape index (κ2) is 6.46. The quantitative estimate of drug-likeness (QED) is 0.917. The molecular formula is C16H23BrN2O. The van der Waals surface area contributed by atoms with Gasteiger partial charge in [-0.3, -0.25) is 4.90 Å². The molecule has 2 heterocycles. The Kier molecular flexibility index (Phi) is 4.64. The molecule has 0 amide bonds. The first-order valence-corrected chi connectivity index (χ1v) is 8.41. The van der Waals surface area contributed by atoms with Crippen molar-refractivity contribution in [1.82, 2.24) is 4.90 Å². The number of aliphatic hydroxyl groups excluding tert-OH is 1. The van der Waals surface area contributed by atoms with Gasteiger partial charge < -0.3 is 10.0 Å². The molecule has 0 bridgehead atoms. The Bertz CT molecular complexity index is 454. The highest BCUT2D eigenvalue weighted by Crippen LogP contribution is 2.27. The third kappa shape index (κ3) is 3.18. The molecule has 2 aliphatic rings. The largest absolute Gasteiger partial charge is 0.396 e. The Balaban J connectivity index is 1.65. The average Bonchev–Trinajstić information content (AvgIpc) is 2.96. The molecule has 2 saturated heterocycles. The van der Waals surface area contributed by atoms with E-state index < -0.39 is 0 Å². The summed E-state index contributed by atoms with van der Waals surface area (Å²) in [6, 6.07) is 9.26. The first-order chi connectivity index (χ1) is 9.76. The zero-order chi connectivity index (χ0) is 13.9. The van der Waals surface area contributed by atoms with Crippen LogP contribution in [0.4, 0.5) is 5.69 Å². The van der Waals surface area contributed by atoms with E-state index in [0.717, 1.165) is 37.1 Å². The van der Waals surface area contributed by atoms with Gasteiger partial charge in [-0.05, 0) is 49.9 Å². The molecule has 0 aliphatic carbocycles. The molecule has 1 aromatic carbocycles. The number of hydrogen-bond acceptors (Lipinski definition) is 3. The van der Waals surface area contributed by atoms with Crippen molar-refractivity contribution in [2.45, 2.75) is 25.3 Å². The van der Waals surface area contributed by atoms with E-state index in [0.29, 0.717) is 18.6 Å². The molecule has 0 radical (unpaired) electrons. The lowest BCUT2D eigenvalue weighted by atomic mass is 10.0. The molecule has 0 spiro atoms. The van der Waals surface area contributed by atoms with E-state index in [-0.39, 0.29) is 0 Å². The highest BCUT2D eigenvalue weighted by atomic mass is 79.9. The normalized spacial score (nSPS) is 28.0. The number of piperidine rings is 1. The van der Waals surface area contributed by atoms with E-state index in [1.165, 1.54) is 18.5 Å². The Morgan fingerprint density at radius 3 is 2.85 bits per heavy atom. The molecule has 2 unspecified atom stereocenters. The Morgan fingerprint density at radius 2 is 2.10 bits per heavy atom. The summed E-state index contributed by atoms with van der Waals surface area (Å²) in [5, 5.41) is 9.30. The topological polar surface area (TPSA) is 26.7 Å². The minimum atomic E-state index is 0.346. The van der Waals surface area contributed by atoms with Crippen LogP contribution in [0.15, 0.2) is 28.7 Å². The molecule has 1 N–H and O–H groups in total. The lowest BCUT2D eigenvalue weighted by molar-refractivity contribution is 0.184. The fraction of sp³-hybridized carbons (Fsp3) is 0.625. The van der Waals surface area contributed by atoms with Crippen LogP contribution in [-0.4, -0.2) is 48.8 Å². The fourth-order valence-electron chi connectivity index (χ4n) is 3.50. The molecule has 0 aromatic heterocycles. The number of aliphatic hydroxyl groups is 1. The van der Waals surface area contributed by atoms with Crippen LogP contribution in [0.1, 0.15) is 19.3 Å². The number of benzene rings is 1. The van der Waals surface area contributed by atoms with E-state index in [2.05, 4.69) is 50.0 Å². The minimum absolute atomic E-state index is 0.346. The number of likely N-dealkylation sites (tertiary alicyclic amines) is 1. The molecular weight excluding hydrogens is 316 g/mol. The predicted octanol–water partition coefficient (Wildman–Crippen LogP) is 2.73. The zero-order valence-electron chi connectivity index (χ0n) is 11.8. The Morgan fingerprint density at radius 1 is 1.20 bits per heavy atom. The number of hydrogen-bond donors (Lipinski definition) is 1. The van der Waals surface area contributed by atoms with Crippen molar-refractivity contribution in [1.29, 1.82) is 0 Å². The van der Waals surface area contributed by atoms with Gasteiger partial charge in [-0.25, -0.2) is 0 Å². The predicted molar refractivity (Wildman–Crippen MR) is 86.1 cm³/mol. The van der Waals surface area contributed by atoms with Crippen LogP contribution in [0, 0.1) is 5.92 Å². The lowest BCUT2D eigenvalue weighted by Gasteiger charge is -2.39. The molecule has 3 rings (SSSR count). The number of halogens is 1. The molecule has 110 valence electrons. The second-order valence-electron chi connectivity index (χ2n) is 6.05. The van der Waals surface area contributed by atoms with Crippen molar-refractivity contribution in [3.8, 4) is 0 Å². The summed E-state index contributed by atoms with van der Waals surface area (Å²) in [5.41, 5.74) is 1.32. The Labute approximate surface area is 129 Å². The van der Waals surface area contributed by atoms with Gasteiger partial charge in [-0.15, -0.1) is 0 Å². The molecule has 2 atom stereocenters. The fourth-order valence-corrected chi connectivity index (χ4v) is 3.89. The van der Waals surface area contributed by atoms with Crippen LogP contribution in [0.2, 0.25) is 0 Å². The van der Waals surface area contributed by atoms with E-state index >= 15 is 0 Å². The molecule has 2 aliphatic heterocycles. The van der Waals surface area contributed by atoms with E-state index in [9.17, 15) is 5.11 Å². The van der Waals surface area contributed by atoms with Gasteiger partial charge in [0.15, 0.2) is 0 Å². The highest BCUT2D eigenvalue weighted by molar-refractivity contribution is 9.10. The van der Waals surface area contributed by atoms with Gasteiger partial charge >= 0.3 is 0 Å². The van der Waals surface area contributed by atoms with Gasteiger partial charge in [0.05, 0.1) is 0 Å². The third-order valence-electron chi connectivity index (χ3n) is 4.66. The van der Waals surface area contributed by atoms with Gasteiger partial charge in [-0.2, -0.15) is 0 Å². The maximum Gasteiger partial charge on any atom is 0.0471 e. The summed E-state index contributed by atoms with van der Waals surface area (Å²) >= 11 is 3.56. The molecule has 2 fully saturated rings. The SMILES string of the molecule is OCC1CCN(C2CCCN(c3cccc(Br)c3)C2)C1. The molecule has 20 heavy (non-hydrogen) atoms. The van der Waals surface area contributed by atoms with E-state index in [1.807, 2.05) is 0 Å². The average molecular weight is 339 g/mol. The summed E-state index contributed by atoms with van der Waals surface area (Å²) < 4.78 is 1.15. The van der Waals surface area contributed by atoms with E-state index in [1.54, 1.807) is 0 Å². The first kappa shape index (κ1) is 14.4. The van der Waals surface area contributed by atoms with Gasteiger partial charge in [0, 0.05) is 42.4 Å². The summed E-state index contributed by atoms with van der Waals surface area (Å²) in [4.78, 5) is 5.09. The number of nitrogens with zero attached hydrogens (tertiary/aromatic N) is 2. The van der Waals surface area contributed by atoms with Crippen LogP contribution in [0.25, 0.3) is 0 Å². The lowest BCUT2D eigenvalue weighted by Crippen LogP contribution is -2.47. The minimum Gasteiger partial charge on any atom is -0.396 e. The van der Waals surface area contributed by atoms with Crippen LogP contribution in [0.5, 0.6) is 0 Å². The van der Waals surface area contributed by atoms with Gasteiger partial charge in [0.1, 0.15) is 0 Å².